The number of nitrogen functional groups attached to an aromatic ring is 2. The van der Waals surface area contributed by atoms with Crippen molar-refractivity contribution >= 4 is 29.1 Å². The summed E-state index contributed by atoms with van der Waals surface area (Å²) >= 11 is 5.81. The van der Waals surface area contributed by atoms with E-state index in [1.54, 1.807) is 24.3 Å². The zero-order valence-corrected chi connectivity index (χ0v) is 16.8. The van der Waals surface area contributed by atoms with Gasteiger partial charge in [-0.2, -0.15) is 9.97 Å². The van der Waals surface area contributed by atoms with Gasteiger partial charge >= 0.3 is 0 Å². The predicted octanol–water partition coefficient (Wildman–Crippen LogP) is 4.52. The molecule has 0 unspecified atom stereocenters. The van der Waals surface area contributed by atoms with Crippen LogP contribution in [-0.4, -0.2) is 16.5 Å². The lowest BCUT2D eigenvalue weighted by molar-refractivity contribution is 0.891. The van der Waals surface area contributed by atoms with Crippen LogP contribution in [0, 0.1) is 0 Å². The van der Waals surface area contributed by atoms with Crippen LogP contribution in [0.2, 0.25) is 5.15 Å². The highest BCUT2D eigenvalue weighted by molar-refractivity contribution is 6.32. The van der Waals surface area contributed by atoms with Crippen molar-refractivity contribution in [3.05, 3.63) is 54.8 Å². The van der Waals surface area contributed by atoms with Crippen LogP contribution >= 0.6 is 11.6 Å². The van der Waals surface area contributed by atoms with Crippen LogP contribution in [0.3, 0.4) is 0 Å². The first-order valence-electron chi connectivity index (χ1n) is 8.03. The van der Waals surface area contributed by atoms with E-state index < -0.39 is 0 Å². The summed E-state index contributed by atoms with van der Waals surface area (Å²) < 4.78 is 0. The van der Waals surface area contributed by atoms with Gasteiger partial charge in [-0.1, -0.05) is 76.8 Å². The van der Waals surface area contributed by atoms with Gasteiger partial charge in [0.05, 0.1) is 6.54 Å². The van der Waals surface area contributed by atoms with Crippen LogP contribution in [0.5, 0.6) is 0 Å². The van der Waals surface area contributed by atoms with Crippen molar-refractivity contribution in [2.24, 2.45) is 5.84 Å². The Balaban J connectivity index is -0.000000605. The molecule has 142 valence electrons. The molecule has 1 aromatic rings. The normalized spacial score (nSPS) is 9.00. The van der Waals surface area contributed by atoms with E-state index in [-0.39, 0.29) is 22.6 Å². The monoisotopic (exact) mass is 368 g/mol. The molecule has 0 aliphatic carbocycles. The summed E-state index contributed by atoms with van der Waals surface area (Å²) in [6.07, 6.45) is 6.81. The van der Waals surface area contributed by atoms with Crippen molar-refractivity contribution < 1.29 is 0 Å². The third-order valence-corrected chi connectivity index (χ3v) is 2.40. The third-order valence-electron chi connectivity index (χ3n) is 2.12. The van der Waals surface area contributed by atoms with Crippen molar-refractivity contribution in [3.8, 4) is 0 Å². The summed E-state index contributed by atoms with van der Waals surface area (Å²) in [5.41, 5.74) is 12.3. The van der Waals surface area contributed by atoms with Gasteiger partial charge < -0.3 is 11.5 Å². The molecule has 0 saturated heterocycles. The smallest absolute Gasteiger partial charge is 0.223 e. The van der Waals surface area contributed by atoms with Crippen LogP contribution in [0.15, 0.2) is 49.6 Å². The van der Waals surface area contributed by atoms with Gasteiger partial charge in [-0.15, -0.1) is 6.58 Å². The molecule has 0 saturated carbocycles. The largest absolute Gasteiger partial charge is 0.393 e. The lowest BCUT2D eigenvalue weighted by Gasteiger charge is -2.20. The highest BCUT2D eigenvalue weighted by atomic mass is 35.5. The van der Waals surface area contributed by atoms with Gasteiger partial charge in [-0.25, -0.2) is 5.84 Å². The Morgan fingerprint density at radius 1 is 1.12 bits per heavy atom. The molecule has 6 nitrogen and oxygen atoms in total. The second-order valence-corrected chi connectivity index (χ2v) is 4.19. The van der Waals surface area contributed by atoms with Gasteiger partial charge in [-0.05, 0) is 12.5 Å². The van der Waals surface area contributed by atoms with Crippen molar-refractivity contribution in [1.82, 2.24) is 9.97 Å². The molecule has 1 aromatic heterocycles. The zero-order chi connectivity index (χ0) is 20.4. The number of allylic oxidation sites excluding steroid dienone is 3. The zero-order valence-electron chi connectivity index (χ0n) is 16.1. The molecule has 0 amide bonds. The summed E-state index contributed by atoms with van der Waals surface area (Å²) in [4.78, 5) is 7.68. The van der Waals surface area contributed by atoms with Gasteiger partial charge in [0.1, 0.15) is 5.69 Å². The minimum absolute atomic E-state index is 0.00695. The SMILES string of the molecule is C=C/C=C(\C=C)CN(N)c1nc(N)nc(Cl)c1N.C=CC.CC.CC. The molecule has 0 aliphatic heterocycles. The number of rotatable bonds is 5. The molecule has 7 heteroatoms. The van der Waals surface area contributed by atoms with Crippen molar-refractivity contribution in [2.45, 2.75) is 34.6 Å². The highest BCUT2D eigenvalue weighted by Crippen LogP contribution is 2.26. The van der Waals surface area contributed by atoms with Crippen molar-refractivity contribution in [3.63, 3.8) is 0 Å². The molecular weight excluding hydrogens is 336 g/mol. The van der Waals surface area contributed by atoms with Gasteiger partial charge in [0.2, 0.25) is 5.95 Å². The summed E-state index contributed by atoms with van der Waals surface area (Å²) in [6.45, 7) is 20.9. The number of hydrazine groups is 1. The topological polar surface area (TPSA) is 107 Å². The summed E-state index contributed by atoms with van der Waals surface area (Å²) in [5.74, 6) is 6.14. The summed E-state index contributed by atoms with van der Waals surface area (Å²) in [6, 6.07) is 0. The van der Waals surface area contributed by atoms with E-state index >= 15 is 0 Å². The molecule has 0 bridgehead atoms. The number of aromatic nitrogens is 2. The first-order chi connectivity index (χ1) is 11.9. The van der Waals surface area contributed by atoms with Crippen LogP contribution in [0.4, 0.5) is 17.5 Å². The molecule has 1 heterocycles. The molecule has 1 rings (SSSR count). The second kappa shape index (κ2) is 18.0. The van der Waals surface area contributed by atoms with Gasteiger partial charge in [0.15, 0.2) is 11.0 Å². The van der Waals surface area contributed by atoms with Crippen LogP contribution in [-0.2, 0) is 0 Å². The maximum absolute atomic E-state index is 5.87. The fourth-order valence-electron chi connectivity index (χ4n) is 1.27. The number of halogens is 1. The molecule has 0 aromatic carbocycles. The van der Waals surface area contributed by atoms with E-state index in [0.717, 1.165) is 5.57 Å². The maximum Gasteiger partial charge on any atom is 0.223 e. The first-order valence-corrected chi connectivity index (χ1v) is 8.40. The van der Waals surface area contributed by atoms with Crippen molar-refractivity contribution in [1.29, 1.82) is 0 Å². The average molecular weight is 369 g/mol. The first kappa shape index (κ1) is 27.5. The number of nitrogens with two attached hydrogens (primary N) is 3. The molecule has 0 fully saturated rings. The van der Waals surface area contributed by atoms with E-state index in [4.69, 9.17) is 28.9 Å². The predicted molar refractivity (Wildman–Crippen MR) is 114 cm³/mol. The molecular formula is C18H33ClN6. The van der Waals surface area contributed by atoms with E-state index in [9.17, 15) is 0 Å². The van der Waals surface area contributed by atoms with Gasteiger partial charge in [-0.3, -0.25) is 5.01 Å². The standard InChI is InChI=1S/C11H15ClN6.C3H6.2C2H6/c1-3-5-7(4-2)6-18(15)10-8(13)9(12)16-11(14)17-10;1-3-2;2*1-2/h3-5H,1-2,6,13,15H2,(H2,14,16,17);3H,1H2,2H3;2*1-2H3/b7-5+;;;. The minimum atomic E-state index is 0.00695. The van der Waals surface area contributed by atoms with Crippen LogP contribution < -0.4 is 22.3 Å². The van der Waals surface area contributed by atoms with E-state index in [0.29, 0.717) is 6.54 Å². The Hall–Kier alpha value is -2.31. The van der Waals surface area contributed by atoms with E-state index in [2.05, 4.69) is 29.7 Å². The van der Waals surface area contributed by atoms with Crippen LogP contribution in [0.25, 0.3) is 0 Å². The fraction of sp³-hybridized carbons (Fsp3) is 0.333. The number of hydrogen-bond acceptors (Lipinski definition) is 6. The summed E-state index contributed by atoms with van der Waals surface area (Å²) in [5, 5.41) is 1.39. The molecule has 0 aliphatic rings. The Morgan fingerprint density at radius 3 is 2.00 bits per heavy atom. The average Bonchev–Trinajstić information content (AvgIpc) is 2.61. The van der Waals surface area contributed by atoms with Gasteiger partial charge in [0, 0.05) is 0 Å². The number of nitrogens with zero attached hydrogens (tertiary/aromatic N) is 3. The number of hydrogen-bond donors (Lipinski definition) is 3. The quantitative estimate of drug-likeness (QED) is 0.232. The number of anilines is 3. The van der Waals surface area contributed by atoms with Crippen LogP contribution in [0.1, 0.15) is 34.6 Å². The lowest BCUT2D eigenvalue weighted by Crippen LogP contribution is -2.34. The Kier molecular flexibility index (Phi) is 19.9. The van der Waals surface area contributed by atoms with E-state index in [1.807, 2.05) is 34.6 Å². The van der Waals surface area contributed by atoms with E-state index in [1.165, 1.54) is 5.01 Å². The molecule has 0 atom stereocenters. The molecule has 6 N–H and O–H groups in total. The lowest BCUT2D eigenvalue weighted by atomic mass is 10.2. The summed E-state index contributed by atoms with van der Waals surface area (Å²) in [7, 11) is 0. The molecule has 0 spiro atoms. The Morgan fingerprint density at radius 2 is 1.60 bits per heavy atom. The Labute approximate surface area is 157 Å². The fourth-order valence-corrected chi connectivity index (χ4v) is 1.45. The third kappa shape index (κ3) is 11.8. The highest BCUT2D eigenvalue weighted by Gasteiger charge is 2.13. The Bertz CT molecular complexity index is 541. The molecule has 25 heavy (non-hydrogen) atoms. The second-order valence-electron chi connectivity index (χ2n) is 3.83. The van der Waals surface area contributed by atoms with Gasteiger partial charge in [0.25, 0.3) is 0 Å². The maximum atomic E-state index is 5.87. The van der Waals surface area contributed by atoms with Crippen molar-refractivity contribution in [2.75, 3.05) is 23.0 Å². The minimum Gasteiger partial charge on any atom is -0.393 e. The molecule has 0 radical (unpaired) electrons.